The molecule has 1 aromatic heterocycles. The van der Waals surface area contributed by atoms with Crippen molar-refractivity contribution in [3.05, 3.63) is 96.7 Å². The fraction of sp³-hybridized carbons (Fsp3) is 0.0833. The minimum atomic E-state index is -4.65. The van der Waals surface area contributed by atoms with E-state index in [9.17, 15) is 32.9 Å². The summed E-state index contributed by atoms with van der Waals surface area (Å²) in [7, 11) is 0. The molecule has 194 valence electrons. The highest BCUT2D eigenvalue weighted by molar-refractivity contribution is 9.10. The molecule has 0 aliphatic rings. The first-order chi connectivity index (χ1) is 18.0. The van der Waals surface area contributed by atoms with Crippen LogP contribution in [0.1, 0.15) is 11.1 Å². The fourth-order valence-electron chi connectivity index (χ4n) is 3.50. The van der Waals surface area contributed by atoms with Gasteiger partial charge in [0.15, 0.2) is 12.4 Å². The third-order valence-electron chi connectivity index (χ3n) is 5.13. The largest absolute Gasteiger partial charge is 0.476 e. The maximum Gasteiger partial charge on any atom is 0.416 e. The third-order valence-corrected chi connectivity index (χ3v) is 5.59. The number of primary amides is 1. The molecule has 0 saturated carbocycles. The molecule has 0 aliphatic carbocycles. The molecule has 0 saturated heterocycles. The zero-order valence-electron chi connectivity index (χ0n) is 19.0. The van der Waals surface area contributed by atoms with Crippen molar-refractivity contribution in [3.8, 4) is 17.1 Å². The molecule has 0 atom stereocenters. The van der Waals surface area contributed by atoms with Crippen LogP contribution in [0.15, 0.2) is 75.0 Å². The van der Waals surface area contributed by atoms with Crippen molar-refractivity contribution in [2.45, 2.75) is 6.18 Å². The molecule has 4 rings (SSSR count). The Morgan fingerprint density at radius 1 is 1.18 bits per heavy atom. The van der Waals surface area contributed by atoms with Gasteiger partial charge in [0, 0.05) is 21.7 Å². The number of hydrogen-bond donors (Lipinski definition) is 1. The number of aromatic nitrogens is 2. The molecule has 0 spiro atoms. The van der Waals surface area contributed by atoms with Crippen LogP contribution in [-0.4, -0.2) is 33.3 Å². The smallest absolute Gasteiger partial charge is 0.416 e. The molecule has 0 aliphatic heterocycles. The number of hydrogen-bond acceptors (Lipinski definition) is 7. The van der Waals surface area contributed by atoms with Gasteiger partial charge in [0.1, 0.15) is 0 Å². The number of benzene rings is 3. The van der Waals surface area contributed by atoms with Gasteiger partial charge >= 0.3 is 11.9 Å². The van der Waals surface area contributed by atoms with E-state index >= 15 is 0 Å². The van der Waals surface area contributed by atoms with Crippen molar-refractivity contribution in [1.29, 1.82) is 0 Å². The zero-order chi connectivity index (χ0) is 27.6. The van der Waals surface area contributed by atoms with Crippen LogP contribution in [0.5, 0.6) is 5.75 Å². The molecule has 0 unspecified atom stereocenters. The quantitative estimate of drug-likeness (QED) is 0.191. The molecule has 4 aromatic rings. The van der Waals surface area contributed by atoms with Crippen molar-refractivity contribution in [1.82, 2.24) is 9.66 Å². The maximum absolute atomic E-state index is 13.4. The van der Waals surface area contributed by atoms with E-state index in [0.29, 0.717) is 0 Å². The number of nitro groups is 1. The highest BCUT2D eigenvalue weighted by Gasteiger charge is 2.31. The summed E-state index contributed by atoms with van der Waals surface area (Å²) in [5, 5.41) is 15.8. The minimum Gasteiger partial charge on any atom is -0.476 e. The number of carbonyl (C=O) groups is 1. The molecule has 1 amide bonds. The molecule has 2 N–H and O–H groups in total. The van der Waals surface area contributed by atoms with Crippen LogP contribution in [-0.2, 0) is 11.0 Å². The summed E-state index contributed by atoms with van der Waals surface area (Å²) in [6.45, 7) is -0.684. The molecule has 1 heterocycles. The predicted molar refractivity (Wildman–Crippen MR) is 135 cm³/mol. The van der Waals surface area contributed by atoms with Gasteiger partial charge in [-0.05, 0) is 30.3 Å². The second-order valence-electron chi connectivity index (χ2n) is 7.75. The number of amides is 1. The monoisotopic (exact) mass is 589 g/mol. The van der Waals surface area contributed by atoms with Gasteiger partial charge in [-0.1, -0.05) is 40.2 Å². The molecule has 14 heteroatoms. The lowest BCUT2D eigenvalue weighted by Crippen LogP contribution is -2.21. The maximum atomic E-state index is 13.4. The van der Waals surface area contributed by atoms with Gasteiger partial charge in [0.05, 0.1) is 27.6 Å². The van der Waals surface area contributed by atoms with Crippen molar-refractivity contribution in [3.63, 3.8) is 0 Å². The van der Waals surface area contributed by atoms with E-state index in [-0.39, 0.29) is 38.1 Å². The standard InChI is InChI=1S/C24H15BrF3N5O5/c25-16-9-14(21(38-12-20(29)34)19(10-16)33(36)37)11-30-32-22(13-4-3-5-15(8-13)24(26,27)28)31-18-7-2-1-6-17(18)23(32)35/h1-11H,12H2,(H2,29,34). The minimum absolute atomic E-state index is 0.0256. The van der Waals surface area contributed by atoms with Gasteiger partial charge in [0.2, 0.25) is 5.75 Å². The average Bonchev–Trinajstić information content (AvgIpc) is 2.86. The lowest BCUT2D eigenvalue weighted by atomic mass is 10.1. The van der Waals surface area contributed by atoms with E-state index in [1.54, 1.807) is 12.1 Å². The van der Waals surface area contributed by atoms with Crippen LogP contribution in [0.25, 0.3) is 22.3 Å². The average molecular weight is 590 g/mol. The molecule has 0 fully saturated rings. The van der Waals surface area contributed by atoms with E-state index in [1.807, 2.05) is 0 Å². The topological polar surface area (TPSA) is 143 Å². The van der Waals surface area contributed by atoms with E-state index in [2.05, 4.69) is 26.0 Å². The Morgan fingerprint density at radius 2 is 1.92 bits per heavy atom. The molecular weight excluding hydrogens is 575 g/mol. The number of nitro benzene ring substituents is 1. The molecule has 0 radical (unpaired) electrons. The van der Waals surface area contributed by atoms with Gasteiger partial charge in [0.25, 0.3) is 11.5 Å². The highest BCUT2D eigenvalue weighted by atomic mass is 79.9. The zero-order valence-corrected chi connectivity index (χ0v) is 20.6. The number of nitrogens with two attached hydrogens (primary N) is 1. The van der Waals surface area contributed by atoms with Gasteiger partial charge in [-0.25, -0.2) is 4.98 Å². The van der Waals surface area contributed by atoms with Crippen LogP contribution in [0.2, 0.25) is 0 Å². The molecule has 10 nitrogen and oxygen atoms in total. The lowest BCUT2D eigenvalue weighted by Gasteiger charge is -2.12. The Labute approximate surface area is 219 Å². The number of nitrogens with zero attached hydrogens (tertiary/aromatic N) is 4. The third kappa shape index (κ3) is 5.54. The number of para-hydroxylation sites is 1. The van der Waals surface area contributed by atoms with Crippen molar-refractivity contribution in [2.75, 3.05) is 6.61 Å². The van der Waals surface area contributed by atoms with Crippen LogP contribution in [0.4, 0.5) is 18.9 Å². The number of ether oxygens (including phenoxy) is 1. The first-order valence-electron chi connectivity index (χ1n) is 10.6. The Morgan fingerprint density at radius 3 is 2.61 bits per heavy atom. The second-order valence-corrected chi connectivity index (χ2v) is 8.66. The van der Waals surface area contributed by atoms with Gasteiger partial charge in [-0.15, -0.1) is 0 Å². The fourth-order valence-corrected chi connectivity index (χ4v) is 3.97. The Hall–Kier alpha value is -4.59. The van der Waals surface area contributed by atoms with E-state index in [0.717, 1.165) is 29.1 Å². The predicted octanol–water partition coefficient (Wildman–Crippen LogP) is 4.50. The van der Waals surface area contributed by atoms with Crippen LogP contribution in [0.3, 0.4) is 0 Å². The molecule has 3 aromatic carbocycles. The van der Waals surface area contributed by atoms with E-state index in [4.69, 9.17) is 10.5 Å². The highest BCUT2D eigenvalue weighted by Crippen LogP contribution is 2.34. The number of halogens is 4. The molecule has 38 heavy (non-hydrogen) atoms. The molecule has 0 bridgehead atoms. The van der Waals surface area contributed by atoms with Crippen molar-refractivity contribution >= 4 is 44.6 Å². The SMILES string of the molecule is NC(=O)COc1c(C=Nn2c(-c3cccc(C(F)(F)F)c3)nc3ccccc3c2=O)cc(Br)cc1[N+](=O)[O-]. The summed E-state index contributed by atoms with van der Waals surface area (Å²) < 4.78 is 46.4. The van der Waals surface area contributed by atoms with Crippen molar-refractivity contribution < 1.29 is 27.6 Å². The van der Waals surface area contributed by atoms with Crippen LogP contribution >= 0.6 is 15.9 Å². The van der Waals surface area contributed by atoms with Gasteiger partial charge in [-0.2, -0.15) is 22.9 Å². The summed E-state index contributed by atoms with van der Waals surface area (Å²) in [5.74, 6) is -1.46. The molecular formula is C24H15BrF3N5O5. The lowest BCUT2D eigenvalue weighted by molar-refractivity contribution is -0.385. The number of fused-ring (bicyclic) bond motifs is 1. The normalized spacial score (nSPS) is 11.7. The van der Waals surface area contributed by atoms with E-state index in [1.165, 1.54) is 30.3 Å². The summed E-state index contributed by atoms with van der Waals surface area (Å²) in [6.07, 6.45) is -3.62. The first kappa shape index (κ1) is 26.5. The number of carbonyl (C=O) groups excluding carboxylic acids is 1. The van der Waals surface area contributed by atoms with Gasteiger partial charge < -0.3 is 10.5 Å². The van der Waals surface area contributed by atoms with E-state index < -0.39 is 40.4 Å². The van der Waals surface area contributed by atoms with Crippen LogP contribution in [0, 0.1) is 10.1 Å². The number of alkyl halides is 3. The summed E-state index contributed by atoms with van der Waals surface area (Å²) in [6, 6.07) is 12.9. The van der Waals surface area contributed by atoms with Crippen LogP contribution < -0.4 is 16.0 Å². The Balaban J connectivity index is 1.95. The van der Waals surface area contributed by atoms with Gasteiger partial charge in [-0.3, -0.25) is 19.7 Å². The Bertz CT molecular complexity index is 1670. The number of rotatable bonds is 7. The second kappa shape index (κ2) is 10.4. The summed E-state index contributed by atoms with van der Waals surface area (Å²) in [5.41, 5.74) is 3.06. The first-order valence-corrected chi connectivity index (χ1v) is 11.4. The Kier molecular flexibility index (Phi) is 7.26. The summed E-state index contributed by atoms with van der Waals surface area (Å²) in [4.78, 5) is 39.8. The summed E-state index contributed by atoms with van der Waals surface area (Å²) >= 11 is 3.15. The van der Waals surface area contributed by atoms with Crippen molar-refractivity contribution in [2.24, 2.45) is 10.8 Å².